The molecule has 4 heteroatoms. The smallest absolute Gasteiger partial charge is 0.268 e. The molecule has 12 heavy (non-hydrogen) atoms. The monoisotopic (exact) mass is 166 g/mol. The Hall–Kier alpha value is -1.42. The molecule has 0 saturated carbocycles. The summed E-state index contributed by atoms with van der Waals surface area (Å²) in [6.07, 6.45) is 0. The fourth-order valence-corrected chi connectivity index (χ4v) is 1.31. The quantitative estimate of drug-likeness (QED) is 0.454. The summed E-state index contributed by atoms with van der Waals surface area (Å²) in [4.78, 5) is 11.2. The summed E-state index contributed by atoms with van der Waals surface area (Å²) in [5.74, 6) is 4.76. The van der Waals surface area contributed by atoms with Crippen LogP contribution in [0.1, 0.15) is 15.9 Å². The average Bonchev–Trinajstić information content (AvgIpc) is 2.28. The molecule has 1 aliphatic rings. The number of halogens is 1. The van der Waals surface area contributed by atoms with Crippen molar-refractivity contribution in [2.24, 2.45) is 5.84 Å². The van der Waals surface area contributed by atoms with E-state index in [4.69, 9.17) is 5.84 Å². The van der Waals surface area contributed by atoms with Crippen molar-refractivity contribution < 1.29 is 9.18 Å². The van der Waals surface area contributed by atoms with Crippen LogP contribution in [-0.4, -0.2) is 10.9 Å². The Balaban J connectivity index is 2.54. The molecule has 0 radical (unpaired) electrons. The first-order valence-electron chi connectivity index (χ1n) is 3.53. The maximum atomic E-state index is 12.6. The van der Waals surface area contributed by atoms with Gasteiger partial charge in [-0.25, -0.2) is 10.2 Å². The number of amides is 1. The Kier molecular flexibility index (Phi) is 1.38. The fraction of sp³-hybridized carbons (Fsp3) is 0.125. The first-order valence-corrected chi connectivity index (χ1v) is 3.53. The lowest BCUT2D eigenvalue weighted by atomic mass is 10.1. The van der Waals surface area contributed by atoms with E-state index in [9.17, 15) is 9.18 Å². The van der Waals surface area contributed by atoms with E-state index >= 15 is 0 Å². The molecule has 2 rings (SSSR count). The third-order valence-corrected chi connectivity index (χ3v) is 1.90. The molecule has 1 heterocycles. The minimum Gasteiger partial charge on any atom is -0.272 e. The third-order valence-electron chi connectivity index (χ3n) is 1.90. The molecule has 0 saturated heterocycles. The lowest BCUT2D eigenvalue weighted by molar-refractivity contribution is 0.0778. The van der Waals surface area contributed by atoms with Gasteiger partial charge < -0.3 is 0 Å². The molecule has 1 aromatic rings. The van der Waals surface area contributed by atoms with E-state index < -0.39 is 0 Å². The number of fused-ring (bicyclic) bond motifs is 1. The first-order chi connectivity index (χ1) is 5.68. The van der Waals surface area contributed by atoms with Crippen LogP contribution < -0.4 is 5.84 Å². The zero-order chi connectivity index (χ0) is 8.72. The van der Waals surface area contributed by atoms with Gasteiger partial charge in [-0.3, -0.25) is 9.80 Å². The van der Waals surface area contributed by atoms with Crippen LogP contribution in [0.4, 0.5) is 4.39 Å². The predicted octanol–water partition coefficient (Wildman–Crippen LogP) is 0.655. The number of hydrazine groups is 1. The number of nitrogens with zero attached hydrogens (tertiary/aromatic N) is 1. The standard InChI is InChI=1S/C8H7FN2O/c9-6-1-2-7-5(3-6)4-11(10)8(7)12/h1-3H,4,10H2. The summed E-state index contributed by atoms with van der Waals surface area (Å²) in [5, 5.41) is 1.07. The maximum Gasteiger partial charge on any atom is 0.268 e. The molecule has 0 spiro atoms. The summed E-state index contributed by atoms with van der Waals surface area (Å²) in [7, 11) is 0. The molecule has 0 bridgehead atoms. The molecule has 0 atom stereocenters. The van der Waals surface area contributed by atoms with Crippen molar-refractivity contribution in [3.8, 4) is 0 Å². The van der Waals surface area contributed by atoms with Crippen LogP contribution in [0.15, 0.2) is 18.2 Å². The van der Waals surface area contributed by atoms with Crippen molar-refractivity contribution in [2.45, 2.75) is 6.54 Å². The summed E-state index contributed by atoms with van der Waals surface area (Å²) >= 11 is 0. The highest BCUT2D eigenvalue weighted by molar-refractivity contribution is 5.97. The molecule has 0 unspecified atom stereocenters. The van der Waals surface area contributed by atoms with E-state index in [2.05, 4.69) is 0 Å². The topological polar surface area (TPSA) is 46.3 Å². The highest BCUT2D eigenvalue weighted by Gasteiger charge is 2.24. The van der Waals surface area contributed by atoms with Crippen molar-refractivity contribution >= 4 is 5.91 Å². The molecule has 0 fully saturated rings. The van der Waals surface area contributed by atoms with Gasteiger partial charge in [0.15, 0.2) is 0 Å². The van der Waals surface area contributed by atoms with Gasteiger partial charge in [0.1, 0.15) is 5.82 Å². The zero-order valence-corrected chi connectivity index (χ0v) is 6.25. The van der Waals surface area contributed by atoms with E-state index in [1.54, 1.807) is 0 Å². The van der Waals surface area contributed by atoms with Crippen molar-refractivity contribution in [1.29, 1.82) is 0 Å². The van der Waals surface area contributed by atoms with Crippen LogP contribution in [0.2, 0.25) is 0 Å². The van der Waals surface area contributed by atoms with Crippen molar-refractivity contribution in [3.05, 3.63) is 35.1 Å². The summed E-state index contributed by atoms with van der Waals surface area (Å²) in [6, 6.07) is 4.05. The normalized spacial score (nSPS) is 15.2. The minimum absolute atomic E-state index is 0.245. The van der Waals surface area contributed by atoms with E-state index in [1.165, 1.54) is 18.2 Å². The summed E-state index contributed by atoms with van der Waals surface area (Å²) in [6.45, 7) is 0.298. The van der Waals surface area contributed by atoms with Gasteiger partial charge in [-0.1, -0.05) is 0 Å². The molecule has 62 valence electrons. The zero-order valence-electron chi connectivity index (χ0n) is 6.25. The van der Waals surface area contributed by atoms with Crippen molar-refractivity contribution in [3.63, 3.8) is 0 Å². The lowest BCUT2D eigenvalue weighted by Crippen LogP contribution is -2.30. The second kappa shape index (κ2) is 2.28. The molecular weight excluding hydrogens is 159 g/mol. The van der Waals surface area contributed by atoms with Gasteiger partial charge in [0, 0.05) is 5.56 Å². The van der Waals surface area contributed by atoms with Gasteiger partial charge in [0.05, 0.1) is 6.54 Å². The predicted molar refractivity (Wildman–Crippen MR) is 40.5 cm³/mol. The van der Waals surface area contributed by atoms with E-state index in [0.717, 1.165) is 5.01 Å². The second-order valence-corrected chi connectivity index (χ2v) is 2.73. The number of benzene rings is 1. The Morgan fingerprint density at radius 1 is 1.50 bits per heavy atom. The Bertz CT molecular complexity index is 351. The highest BCUT2D eigenvalue weighted by Crippen LogP contribution is 2.20. The number of carbonyl (C=O) groups is 1. The largest absolute Gasteiger partial charge is 0.272 e. The van der Waals surface area contributed by atoms with Crippen LogP contribution in [0.25, 0.3) is 0 Å². The van der Waals surface area contributed by atoms with Crippen LogP contribution in [0, 0.1) is 5.82 Å². The third kappa shape index (κ3) is 0.887. The molecular formula is C8H7FN2O. The fourth-order valence-electron chi connectivity index (χ4n) is 1.31. The molecule has 0 aliphatic carbocycles. The van der Waals surface area contributed by atoms with Gasteiger partial charge in [-0.05, 0) is 23.8 Å². The molecule has 1 aromatic carbocycles. The average molecular weight is 166 g/mol. The van der Waals surface area contributed by atoms with Crippen LogP contribution in [0.5, 0.6) is 0 Å². The van der Waals surface area contributed by atoms with Crippen LogP contribution >= 0.6 is 0 Å². The first kappa shape index (κ1) is 7.24. The van der Waals surface area contributed by atoms with E-state index in [-0.39, 0.29) is 11.7 Å². The highest BCUT2D eigenvalue weighted by atomic mass is 19.1. The summed E-state index contributed by atoms with van der Waals surface area (Å²) in [5.41, 5.74) is 1.15. The molecule has 2 N–H and O–H groups in total. The van der Waals surface area contributed by atoms with Gasteiger partial charge in [0.2, 0.25) is 0 Å². The van der Waals surface area contributed by atoms with Gasteiger partial charge in [0.25, 0.3) is 5.91 Å². The van der Waals surface area contributed by atoms with Gasteiger partial charge in [-0.2, -0.15) is 0 Å². The number of hydrogen-bond acceptors (Lipinski definition) is 2. The van der Waals surface area contributed by atoms with Gasteiger partial charge in [-0.15, -0.1) is 0 Å². The van der Waals surface area contributed by atoms with E-state index in [0.29, 0.717) is 17.7 Å². The lowest BCUT2D eigenvalue weighted by Gasteiger charge is -2.04. The van der Waals surface area contributed by atoms with Crippen molar-refractivity contribution in [2.75, 3.05) is 0 Å². The summed E-state index contributed by atoms with van der Waals surface area (Å²) < 4.78 is 12.6. The SMILES string of the molecule is NN1Cc2cc(F)ccc2C1=O. The van der Waals surface area contributed by atoms with E-state index in [1.807, 2.05) is 0 Å². The molecule has 1 amide bonds. The van der Waals surface area contributed by atoms with Gasteiger partial charge >= 0.3 is 0 Å². The Morgan fingerprint density at radius 3 is 3.00 bits per heavy atom. The maximum absolute atomic E-state index is 12.6. The Morgan fingerprint density at radius 2 is 2.25 bits per heavy atom. The molecule has 0 aromatic heterocycles. The molecule has 1 aliphatic heterocycles. The van der Waals surface area contributed by atoms with Crippen LogP contribution in [-0.2, 0) is 6.54 Å². The number of carbonyl (C=O) groups excluding carboxylic acids is 1. The number of hydrogen-bond donors (Lipinski definition) is 1. The molecule has 3 nitrogen and oxygen atoms in total. The number of rotatable bonds is 0. The Labute approximate surface area is 68.6 Å². The second-order valence-electron chi connectivity index (χ2n) is 2.73. The minimum atomic E-state index is -0.336. The van der Waals surface area contributed by atoms with Crippen molar-refractivity contribution in [1.82, 2.24) is 5.01 Å². The number of nitrogens with two attached hydrogens (primary N) is 1. The van der Waals surface area contributed by atoms with Crippen LogP contribution in [0.3, 0.4) is 0 Å².